The van der Waals surface area contributed by atoms with Crippen LogP contribution in [-0.2, 0) is 5.67 Å². The maximum Gasteiger partial charge on any atom is 0.165 e. The van der Waals surface area contributed by atoms with E-state index in [1.807, 2.05) is 13.0 Å². The second-order valence-corrected chi connectivity index (χ2v) is 4.05. The van der Waals surface area contributed by atoms with Crippen molar-refractivity contribution < 1.29 is 9.50 Å². The Hall–Kier alpha value is -0.410. The van der Waals surface area contributed by atoms with E-state index in [2.05, 4.69) is 0 Å². The van der Waals surface area contributed by atoms with Crippen molar-refractivity contribution in [3.05, 3.63) is 21.9 Å². The molecule has 1 unspecified atom stereocenters. The summed E-state index contributed by atoms with van der Waals surface area (Å²) in [6.07, 6.45) is 0. The van der Waals surface area contributed by atoms with E-state index < -0.39 is 12.3 Å². The van der Waals surface area contributed by atoms with Crippen molar-refractivity contribution in [3.8, 4) is 0 Å². The standard InChI is InChI=1S/C8H11FOS/c1-6-3-4-7(11-6)8(2,9)5-10/h3-4,10H,5H2,1-2H3. The lowest BCUT2D eigenvalue weighted by Gasteiger charge is -2.14. The van der Waals surface area contributed by atoms with E-state index in [1.165, 1.54) is 18.3 Å². The van der Waals surface area contributed by atoms with Crippen molar-refractivity contribution >= 4 is 11.3 Å². The molecule has 0 amide bonds. The Kier molecular flexibility index (Phi) is 2.30. The van der Waals surface area contributed by atoms with E-state index in [0.29, 0.717) is 4.88 Å². The van der Waals surface area contributed by atoms with Crippen molar-refractivity contribution in [3.63, 3.8) is 0 Å². The van der Waals surface area contributed by atoms with E-state index in [0.717, 1.165) is 4.88 Å². The van der Waals surface area contributed by atoms with Crippen LogP contribution in [0.1, 0.15) is 16.7 Å². The molecule has 1 aromatic heterocycles. The van der Waals surface area contributed by atoms with Gasteiger partial charge in [-0.1, -0.05) is 0 Å². The van der Waals surface area contributed by atoms with Crippen LogP contribution < -0.4 is 0 Å². The Morgan fingerprint density at radius 2 is 2.27 bits per heavy atom. The van der Waals surface area contributed by atoms with Gasteiger partial charge in [-0.2, -0.15) is 0 Å². The molecule has 0 aliphatic carbocycles. The second-order valence-electron chi connectivity index (χ2n) is 2.77. The van der Waals surface area contributed by atoms with Crippen molar-refractivity contribution in [2.45, 2.75) is 19.5 Å². The second kappa shape index (κ2) is 2.91. The van der Waals surface area contributed by atoms with Crippen molar-refractivity contribution in [2.24, 2.45) is 0 Å². The summed E-state index contributed by atoms with van der Waals surface area (Å²) in [5.74, 6) is 0. The first-order valence-electron chi connectivity index (χ1n) is 3.43. The smallest absolute Gasteiger partial charge is 0.165 e. The van der Waals surface area contributed by atoms with Crippen LogP contribution in [0.2, 0.25) is 0 Å². The number of aliphatic hydroxyl groups is 1. The van der Waals surface area contributed by atoms with Crippen LogP contribution in [0.15, 0.2) is 12.1 Å². The van der Waals surface area contributed by atoms with Gasteiger partial charge in [0.15, 0.2) is 5.67 Å². The van der Waals surface area contributed by atoms with Gasteiger partial charge in [0.25, 0.3) is 0 Å². The quantitative estimate of drug-likeness (QED) is 0.729. The molecule has 0 saturated heterocycles. The molecule has 1 rings (SSSR count). The van der Waals surface area contributed by atoms with E-state index >= 15 is 0 Å². The van der Waals surface area contributed by atoms with E-state index in [-0.39, 0.29) is 0 Å². The van der Waals surface area contributed by atoms with Gasteiger partial charge in [0.05, 0.1) is 6.61 Å². The topological polar surface area (TPSA) is 20.2 Å². The molecule has 1 atom stereocenters. The lowest BCUT2D eigenvalue weighted by Crippen LogP contribution is -2.18. The van der Waals surface area contributed by atoms with Gasteiger partial charge in [-0.3, -0.25) is 0 Å². The molecule has 0 aliphatic rings. The minimum absolute atomic E-state index is 0.451. The fraction of sp³-hybridized carbons (Fsp3) is 0.500. The van der Waals surface area contributed by atoms with E-state index in [4.69, 9.17) is 5.11 Å². The van der Waals surface area contributed by atoms with Gasteiger partial charge < -0.3 is 5.11 Å². The third-order valence-corrected chi connectivity index (χ3v) is 2.79. The maximum absolute atomic E-state index is 13.3. The summed E-state index contributed by atoms with van der Waals surface area (Å²) in [5, 5.41) is 8.69. The summed E-state index contributed by atoms with van der Waals surface area (Å²) in [6, 6.07) is 3.57. The predicted molar refractivity (Wildman–Crippen MR) is 44.6 cm³/mol. The molecule has 0 aliphatic heterocycles. The van der Waals surface area contributed by atoms with Crippen LogP contribution >= 0.6 is 11.3 Å². The highest BCUT2D eigenvalue weighted by Gasteiger charge is 2.25. The van der Waals surface area contributed by atoms with Gasteiger partial charge in [-0.25, -0.2) is 4.39 Å². The number of hydrogen-bond acceptors (Lipinski definition) is 2. The first kappa shape index (κ1) is 8.68. The number of aryl methyl sites for hydroxylation is 1. The SMILES string of the molecule is Cc1ccc(C(C)(F)CO)s1. The Bertz CT molecular complexity index is 242. The number of halogens is 1. The van der Waals surface area contributed by atoms with E-state index in [9.17, 15) is 4.39 Å². The predicted octanol–water partition coefficient (Wildman–Crippen LogP) is 2.23. The highest BCUT2D eigenvalue weighted by atomic mass is 32.1. The molecule has 0 saturated carbocycles. The van der Waals surface area contributed by atoms with Crippen LogP contribution in [0, 0.1) is 6.92 Å². The van der Waals surface area contributed by atoms with Gasteiger partial charge in [0.2, 0.25) is 0 Å². The summed E-state index contributed by atoms with van der Waals surface area (Å²) in [5.41, 5.74) is -1.57. The first-order valence-corrected chi connectivity index (χ1v) is 4.24. The number of aliphatic hydroxyl groups excluding tert-OH is 1. The van der Waals surface area contributed by atoms with Crippen LogP contribution in [0.4, 0.5) is 4.39 Å². The molecule has 1 nitrogen and oxygen atoms in total. The van der Waals surface area contributed by atoms with Gasteiger partial charge in [-0.15, -0.1) is 11.3 Å². The molecule has 11 heavy (non-hydrogen) atoms. The Morgan fingerprint density at radius 3 is 2.64 bits per heavy atom. The fourth-order valence-corrected chi connectivity index (χ4v) is 1.69. The third kappa shape index (κ3) is 1.79. The molecule has 1 aromatic rings. The zero-order valence-corrected chi connectivity index (χ0v) is 7.41. The largest absolute Gasteiger partial charge is 0.393 e. The van der Waals surface area contributed by atoms with Gasteiger partial charge in [-0.05, 0) is 26.0 Å². The summed E-state index contributed by atoms with van der Waals surface area (Å²) in [7, 11) is 0. The zero-order valence-electron chi connectivity index (χ0n) is 6.60. The number of rotatable bonds is 2. The molecule has 0 fully saturated rings. The average molecular weight is 174 g/mol. The van der Waals surface area contributed by atoms with Crippen LogP contribution in [0.5, 0.6) is 0 Å². The average Bonchev–Trinajstić information content (AvgIpc) is 2.36. The molecular formula is C8H11FOS. The van der Waals surface area contributed by atoms with Gasteiger partial charge in [0.1, 0.15) is 0 Å². The normalized spacial score (nSPS) is 16.4. The first-order chi connectivity index (χ1) is 5.06. The molecule has 62 valence electrons. The molecule has 0 aromatic carbocycles. The molecule has 0 bridgehead atoms. The Balaban J connectivity index is 2.92. The van der Waals surface area contributed by atoms with Crippen molar-refractivity contribution in [1.29, 1.82) is 0 Å². The number of alkyl halides is 1. The molecular weight excluding hydrogens is 163 g/mol. The molecule has 0 spiro atoms. The third-order valence-electron chi connectivity index (χ3n) is 1.55. The van der Waals surface area contributed by atoms with Crippen LogP contribution in [0.25, 0.3) is 0 Å². The van der Waals surface area contributed by atoms with Gasteiger partial charge >= 0.3 is 0 Å². The lowest BCUT2D eigenvalue weighted by molar-refractivity contribution is 0.0901. The fourth-order valence-electron chi connectivity index (χ4n) is 0.793. The molecule has 3 heteroatoms. The monoisotopic (exact) mass is 174 g/mol. The maximum atomic E-state index is 13.3. The number of thiophene rings is 1. The summed E-state index contributed by atoms with van der Waals surface area (Å²) in [4.78, 5) is 1.66. The lowest BCUT2D eigenvalue weighted by atomic mass is 10.1. The minimum atomic E-state index is -1.57. The van der Waals surface area contributed by atoms with Crippen LogP contribution in [0.3, 0.4) is 0 Å². The summed E-state index contributed by atoms with van der Waals surface area (Å²) < 4.78 is 13.3. The molecule has 1 heterocycles. The van der Waals surface area contributed by atoms with Crippen LogP contribution in [-0.4, -0.2) is 11.7 Å². The van der Waals surface area contributed by atoms with Crippen molar-refractivity contribution in [1.82, 2.24) is 0 Å². The van der Waals surface area contributed by atoms with E-state index in [1.54, 1.807) is 6.07 Å². The molecule has 0 radical (unpaired) electrons. The molecule has 1 N–H and O–H groups in total. The highest BCUT2D eigenvalue weighted by molar-refractivity contribution is 7.12. The Labute approximate surface area is 69.5 Å². The van der Waals surface area contributed by atoms with Crippen molar-refractivity contribution in [2.75, 3.05) is 6.61 Å². The van der Waals surface area contributed by atoms with Gasteiger partial charge in [0, 0.05) is 9.75 Å². The number of hydrogen-bond donors (Lipinski definition) is 1. The Morgan fingerprint density at radius 1 is 1.64 bits per heavy atom. The zero-order chi connectivity index (χ0) is 8.48. The summed E-state index contributed by atoms with van der Waals surface area (Å²) in [6.45, 7) is 2.85. The highest BCUT2D eigenvalue weighted by Crippen LogP contribution is 2.30. The summed E-state index contributed by atoms with van der Waals surface area (Å²) >= 11 is 1.38. The minimum Gasteiger partial charge on any atom is -0.393 e.